The molecular formula is C18H16N2O5S. The van der Waals surface area contributed by atoms with E-state index in [1.54, 1.807) is 36.4 Å². The summed E-state index contributed by atoms with van der Waals surface area (Å²) in [7, 11) is -4.47. The van der Waals surface area contributed by atoms with Crippen molar-refractivity contribution in [2.24, 2.45) is 0 Å². The Kier molecular flexibility index (Phi) is 4.31. The van der Waals surface area contributed by atoms with Gasteiger partial charge in [-0.05, 0) is 36.6 Å². The molecule has 0 atom stereocenters. The monoisotopic (exact) mass is 372 g/mol. The molecular weight excluding hydrogens is 356 g/mol. The molecule has 0 bridgehead atoms. The summed E-state index contributed by atoms with van der Waals surface area (Å²) in [5.74, 6) is -0.847. The molecule has 0 aliphatic carbocycles. The number of hydrogen-bond donors (Lipinski definition) is 4. The number of carbonyl (C=O) groups is 1. The lowest BCUT2D eigenvalue weighted by Gasteiger charge is -2.12. The van der Waals surface area contributed by atoms with Crippen molar-refractivity contribution in [1.82, 2.24) is 0 Å². The molecule has 5 N–H and O–H groups in total. The van der Waals surface area contributed by atoms with Gasteiger partial charge < -0.3 is 16.2 Å². The Hall–Kier alpha value is -3.10. The van der Waals surface area contributed by atoms with Crippen LogP contribution in [-0.2, 0) is 10.1 Å². The first-order valence-electron chi connectivity index (χ1n) is 7.57. The van der Waals surface area contributed by atoms with Gasteiger partial charge in [0, 0.05) is 17.1 Å². The smallest absolute Gasteiger partial charge is 0.294 e. The lowest BCUT2D eigenvalue weighted by Crippen LogP contribution is -2.14. The number of benzene rings is 3. The molecule has 26 heavy (non-hydrogen) atoms. The lowest BCUT2D eigenvalue weighted by atomic mass is 10.1. The summed E-state index contributed by atoms with van der Waals surface area (Å²) in [4.78, 5) is 12.1. The number of aryl methyl sites for hydroxylation is 1. The Morgan fingerprint density at radius 3 is 2.54 bits per heavy atom. The number of nitrogens with two attached hydrogens (primary N) is 1. The maximum Gasteiger partial charge on any atom is 0.294 e. The van der Waals surface area contributed by atoms with Gasteiger partial charge in [-0.3, -0.25) is 9.35 Å². The fourth-order valence-corrected chi connectivity index (χ4v) is 3.22. The highest BCUT2D eigenvalue weighted by Gasteiger charge is 2.17. The molecule has 3 rings (SSSR count). The molecule has 0 heterocycles. The number of aromatic hydroxyl groups is 1. The molecule has 0 aromatic heterocycles. The number of nitrogen functional groups attached to an aromatic ring is 1. The van der Waals surface area contributed by atoms with Crippen LogP contribution >= 0.6 is 0 Å². The zero-order valence-corrected chi connectivity index (χ0v) is 14.5. The molecule has 8 heteroatoms. The zero-order chi connectivity index (χ0) is 19.1. The molecule has 1 amide bonds. The van der Waals surface area contributed by atoms with Gasteiger partial charge in [-0.1, -0.05) is 23.8 Å². The summed E-state index contributed by atoms with van der Waals surface area (Å²) in [6.07, 6.45) is 0. The van der Waals surface area contributed by atoms with Gasteiger partial charge in [0.2, 0.25) is 0 Å². The van der Waals surface area contributed by atoms with E-state index in [1.807, 2.05) is 6.92 Å². The standard InChI is InChI=1S/C18H16N2O5S/c1-10-5-6-14(19)13(7-10)18(22)20-15-4-2-3-11-8-12(26(23,24)25)9-16(21)17(11)15/h2-9,21H,19H2,1H3,(H,20,22)(H,23,24,25). The fourth-order valence-electron chi connectivity index (χ4n) is 2.69. The highest BCUT2D eigenvalue weighted by molar-refractivity contribution is 7.85. The van der Waals surface area contributed by atoms with Crippen molar-refractivity contribution in [3.05, 3.63) is 59.7 Å². The highest BCUT2D eigenvalue weighted by Crippen LogP contribution is 2.34. The minimum absolute atomic E-state index is 0.250. The van der Waals surface area contributed by atoms with Crippen LogP contribution in [0.3, 0.4) is 0 Å². The Morgan fingerprint density at radius 1 is 1.12 bits per heavy atom. The summed E-state index contributed by atoms with van der Waals surface area (Å²) in [5, 5.41) is 13.5. The van der Waals surface area contributed by atoms with Gasteiger partial charge in [-0.25, -0.2) is 0 Å². The molecule has 0 aliphatic rings. The maximum absolute atomic E-state index is 12.6. The van der Waals surface area contributed by atoms with Gasteiger partial charge in [-0.15, -0.1) is 0 Å². The number of hydrogen-bond acceptors (Lipinski definition) is 5. The minimum Gasteiger partial charge on any atom is -0.507 e. The molecule has 7 nitrogen and oxygen atoms in total. The average Bonchev–Trinajstić information content (AvgIpc) is 2.56. The van der Waals surface area contributed by atoms with Gasteiger partial charge in [0.05, 0.1) is 16.1 Å². The summed E-state index contributed by atoms with van der Waals surface area (Å²) < 4.78 is 31.8. The molecule has 0 saturated carbocycles. The third-order valence-electron chi connectivity index (χ3n) is 3.93. The quantitative estimate of drug-likeness (QED) is 0.413. The fraction of sp³-hybridized carbons (Fsp3) is 0.0556. The van der Waals surface area contributed by atoms with Crippen molar-refractivity contribution < 1.29 is 22.9 Å². The van der Waals surface area contributed by atoms with E-state index >= 15 is 0 Å². The third-order valence-corrected chi connectivity index (χ3v) is 4.76. The normalized spacial score (nSPS) is 11.5. The minimum atomic E-state index is -4.47. The van der Waals surface area contributed by atoms with E-state index in [4.69, 9.17) is 5.73 Å². The summed E-state index contributed by atoms with van der Waals surface area (Å²) in [6.45, 7) is 1.83. The molecule has 0 spiro atoms. The Balaban J connectivity index is 2.09. The molecule has 134 valence electrons. The molecule has 0 unspecified atom stereocenters. The first kappa shape index (κ1) is 17.7. The van der Waals surface area contributed by atoms with Crippen LogP contribution in [0.5, 0.6) is 5.75 Å². The second-order valence-electron chi connectivity index (χ2n) is 5.87. The number of amides is 1. The summed E-state index contributed by atoms with van der Waals surface area (Å²) in [5.41, 5.74) is 7.60. The Morgan fingerprint density at radius 2 is 1.85 bits per heavy atom. The SMILES string of the molecule is Cc1ccc(N)c(C(=O)Nc2cccc3cc(S(=O)(=O)O)cc(O)c23)c1. The van der Waals surface area contributed by atoms with E-state index in [-0.39, 0.29) is 22.4 Å². The molecule has 0 fully saturated rings. The second kappa shape index (κ2) is 6.32. The van der Waals surface area contributed by atoms with Gasteiger partial charge in [0.15, 0.2) is 0 Å². The lowest BCUT2D eigenvalue weighted by molar-refractivity contribution is 0.102. The average molecular weight is 372 g/mol. The number of phenols is 1. The van der Waals surface area contributed by atoms with E-state index in [2.05, 4.69) is 5.32 Å². The number of anilines is 2. The van der Waals surface area contributed by atoms with Crippen molar-refractivity contribution in [2.45, 2.75) is 11.8 Å². The predicted octanol–water partition coefficient (Wildman–Crippen LogP) is 2.94. The van der Waals surface area contributed by atoms with E-state index in [0.29, 0.717) is 11.1 Å². The Labute approximate surface area is 149 Å². The van der Waals surface area contributed by atoms with Crippen LogP contribution in [0.1, 0.15) is 15.9 Å². The number of nitrogens with one attached hydrogen (secondary N) is 1. The van der Waals surface area contributed by atoms with E-state index < -0.39 is 20.9 Å². The molecule has 3 aromatic carbocycles. The van der Waals surface area contributed by atoms with Gasteiger partial charge in [0.25, 0.3) is 16.0 Å². The number of carbonyl (C=O) groups excluding carboxylic acids is 1. The van der Waals surface area contributed by atoms with Gasteiger partial charge in [-0.2, -0.15) is 8.42 Å². The summed E-state index contributed by atoms with van der Waals surface area (Å²) in [6, 6.07) is 11.9. The van der Waals surface area contributed by atoms with Crippen LogP contribution in [0.2, 0.25) is 0 Å². The highest BCUT2D eigenvalue weighted by atomic mass is 32.2. The van der Waals surface area contributed by atoms with Gasteiger partial charge >= 0.3 is 0 Å². The third kappa shape index (κ3) is 3.32. The van der Waals surface area contributed by atoms with Crippen LogP contribution in [0.25, 0.3) is 10.8 Å². The second-order valence-corrected chi connectivity index (χ2v) is 7.29. The molecule has 3 aromatic rings. The van der Waals surface area contributed by atoms with Crippen LogP contribution in [0.15, 0.2) is 53.4 Å². The van der Waals surface area contributed by atoms with Crippen LogP contribution in [0.4, 0.5) is 11.4 Å². The Bertz CT molecular complexity index is 1140. The number of fused-ring (bicyclic) bond motifs is 1. The largest absolute Gasteiger partial charge is 0.507 e. The van der Waals surface area contributed by atoms with E-state index in [0.717, 1.165) is 11.6 Å². The topological polar surface area (TPSA) is 130 Å². The first-order valence-corrected chi connectivity index (χ1v) is 9.01. The van der Waals surface area contributed by atoms with Crippen molar-refractivity contribution in [3.8, 4) is 5.75 Å². The predicted molar refractivity (Wildman–Crippen MR) is 99.0 cm³/mol. The molecule has 0 saturated heterocycles. The van der Waals surface area contributed by atoms with Gasteiger partial charge in [0.1, 0.15) is 5.75 Å². The molecule has 0 radical (unpaired) electrons. The van der Waals surface area contributed by atoms with E-state index in [9.17, 15) is 22.9 Å². The van der Waals surface area contributed by atoms with Crippen molar-refractivity contribution >= 4 is 38.2 Å². The first-order chi connectivity index (χ1) is 12.2. The van der Waals surface area contributed by atoms with E-state index in [1.165, 1.54) is 6.07 Å². The molecule has 0 aliphatic heterocycles. The number of rotatable bonds is 3. The van der Waals surface area contributed by atoms with Crippen molar-refractivity contribution in [1.29, 1.82) is 0 Å². The van der Waals surface area contributed by atoms with Crippen LogP contribution < -0.4 is 11.1 Å². The van der Waals surface area contributed by atoms with Crippen molar-refractivity contribution in [3.63, 3.8) is 0 Å². The van der Waals surface area contributed by atoms with Crippen LogP contribution in [-0.4, -0.2) is 24.0 Å². The van der Waals surface area contributed by atoms with Crippen LogP contribution in [0, 0.1) is 6.92 Å². The summed E-state index contributed by atoms with van der Waals surface area (Å²) >= 11 is 0. The van der Waals surface area contributed by atoms with Crippen molar-refractivity contribution in [2.75, 3.05) is 11.1 Å². The maximum atomic E-state index is 12.6. The zero-order valence-electron chi connectivity index (χ0n) is 13.7. The number of phenolic OH excluding ortho intramolecular Hbond substituents is 1.